The van der Waals surface area contributed by atoms with Crippen LogP contribution in [0.4, 0.5) is 4.79 Å². The number of urea groups is 1. The largest absolute Gasteiger partial charge is 0.396 e. The standard InChI is InChI=1S/C20H27ClN6O4/c1-24-17-16(18(30)25(20(24)31)8-2-10-28)26-12-15(13-4-6-14(21)7-5-13)23-27(9-3-11-29)19(26)22-17/h4-7,16-17,19,22,28-29H,2-3,8-12H2,1H3. The molecule has 1 aromatic carbocycles. The Bertz CT molecular complexity index is 866. The van der Waals surface area contributed by atoms with Crippen LogP contribution in [0.2, 0.25) is 5.02 Å². The quantitative estimate of drug-likeness (QED) is 0.532. The number of hydrazone groups is 1. The topological polar surface area (TPSA) is 112 Å². The number of fused-ring (bicyclic) bond motifs is 3. The summed E-state index contributed by atoms with van der Waals surface area (Å²) in [5.74, 6) is -0.281. The van der Waals surface area contributed by atoms with Crippen LogP contribution in [0.25, 0.3) is 0 Å². The Morgan fingerprint density at radius 1 is 1.13 bits per heavy atom. The molecule has 0 radical (unpaired) electrons. The summed E-state index contributed by atoms with van der Waals surface area (Å²) in [6, 6.07) is 6.40. The number of carbonyl (C=O) groups is 2. The first-order chi connectivity index (χ1) is 15.0. The van der Waals surface area contributed by atoms with E-state index in [0.29, 0.717) is 31.0 Å². The second-order valence-corrected chi connectivity index (χ2v) is 8.29. The number of aliphatic hydroxyl groups excluding tert-OH is 2. The highest BCUT2D eigenvalue weighted by Crippen LogP contribution is 2.31. The summed E-state index contributed by atoms with van der Waals surface area (Å²) in [4.78, 5) is 30.9. The van der Waals surface area contributed by atoms with Crippen LogP contribution in [0.15, 0.2) is 29.4 Å². The lowest BCUT2D eigenvalue weighted by Gasteiger charge is -2.42. The van der Waals surface area contributed by atoms with Crippen LogP contribution in [0, 0.1) is 0 Å². The number of rotatable bonds is 7. The molecule has 1 aromatic rings. The monoisotopic (exact) mass is 450 g/mol. The Labute approximate surface area is 185 Å². The summed E-state index contributed by atoms with van der Waals surface area (Å²) < 4.78 is 0. The maximum Gasteiger partial charge on any atom is 0.327 e. The van der Waals surface area contributed by atoms with E-state index in [9.17, 15) is 14.7 Å². The molecule has 3 atom stereocenters. The van der Waals surface area contributed by atoms with Gasteiger partial charge in [0.1, 0.15) is 12.2 Å². The lowest BCUT2D eigenvalue weighted by atomic mass is 10.1. The number of likely N-dealkylation sites (N-methyl/N-ethyl adjacent to an activating group) is 1. The first-order valence-electron chi connectivity index (χ1n) is 10.4. The van der Waals surface area contributed by atoms with Gasteiger partial charge in [-0.05, 0) is 30.5 Å². The molecule has 31 heavy (non-hydrogen) atoms. The third-order valence-electron chi connectivity index (χ3n) is 5.89. The Kier molecular flexibility index (Phi) is 6.44. The van der Waals surface area contributed by atoms with Crippen molar-refractivity contribution < 1.29 is 19.8 Å². The van der Waals surface area contributed by atoms with E-state index >= 15 is 0 Å². The third-order valence-corrected chi connectivity index (χ3v) is 6.14. The zero-order chi connectivity index (χ0) is 22.1. The SMILES string of the molecule is CN1C(=O)N(CCCO)C(=O)C2C1NC1N(CCCO)N=C(c3ccc(Cl)cc3)CN21. The zero-order valence-electron chi connectivity index (χ0n) is 17.3. The Hall–Kier alpha value is -2.24. The second-order valence-electron chi connectivity index (χ2n) is 7.86. The number of carbonyl (C=O) groups excluding carboxylic acids is 2. The highest BCUT2D eigenvalue weighted by atomic mass is 35.5. The molecule has 3 unspecified atom stereocenters. The van der Waals surface area contributed by atoms with Crippen LogP contribution < -0.4 is 5.32 Å². The summed E-state index contributed by atoms with van der Waals surface area (Å²) in [6.45, 7) is 1.00. The van der Waals surface area contributed by atoms with Gasteiger partial charge in [-0.2, -0.15) is 5.10 Å². The Balaban J connectivity index is 1.66. The van der Waals surface area contributed by atoms with Gasteiger partial charge in [0.25, 0.3) is 5.91 Å². The molecule has 0 saturated carbocycles. The lowest BCUT2D eigenvalue weighted by molar-refractivity contribution is -0.139. The van der Waals surface area contributed by atoms with Crippen LogP contribution in [0.5, 0.6) is 0 Å². The minimum Gasteiger partial charge on any atom is -0.396 e. The molecule has 10 nitrogen and oxygen atoms in total. The molecule has 0 aliphatic carbocycles. The molecule has 168 valence electrons. The summed E-state index contributed by atoms with van der Waals surface area (Å²) >= 11 is 6.03. The number of imide groups is 1. The van der Waals surface area contributed by atoms with Crippen molar-refractivity contribution in [1.82, 2.24) is 25.0 Å². The lowest BCUT2D eigenvalue weighted by Crippen LogP contribution is -2.66. The van der Waals surface area contributed by atoms with E-state index in [1.807, 2.05) is 22.0 Å². The van der Waals surface area contributed by atoms with Gasteiger partial charge in [0.2, 0.25) is 0 Å². The van der Waals surface area contributed by atoms with Crippen LogP contribution in [0.1, 0.15) is 18.4 Å². The van der Waals surface area contributed by atoms with E-state index in [-0.39, 0.29) is 38.0 Å². The molecule has 3 heterocycles. The molecule has 0 bridgehead atoms. The van der Waals surface area contributed by atoms with Crippen molar-refractivity contribution in [2.75, 3.05) is 39.9 Å². The first-order valence-corrected chi connectivity index (χ1v) is 10.8. The average molecular weight is 451 g/mol. The number of nitrogens with one attached hydrogen (secondary N) is 1. The number of aliphatic hydroxyl groups is 2. The maximum absolute atomic E-state index is 13.3. The van der Waals surface area contributed by atoms with E-state index in [1.54, 1.807) is 19.2 Å². The van der Waals surface area contributed by atoms with Crippen molar-refractivity contribution in [3.8, 4) is 0 Å². The van der Waals surface area contributed by atoms with Gasteiger partial charge in [-0.1, -0.05) is 23.7 Å². The third kappa shape index (κ3) is 4.01. The molecule has 2 fully saturated rings. The van der Waals surface area contributed by atoms with E-state index in [0.717, 1.165) is 11.3 Å². The molecule has 0 aromatic heterocycles. The van der Waals surface area contributed by atoms with Crippen LogP contribution in [-0.4, -0.2) is 106 Å². The summed E-state index contributed by atoms with van der Waals surface area (Å²) in [5, 5.41) is 29.1. The van der Waals surface area contributed by atoms with Crippen LogP contribution >= 0.6 is 11.6 Å². The number of halogens is 1. The molecule has 0 spiro atoms. The summed E-state index contributed by atoms with van der Waals surface area (Å²) in [6.07, 6.45) is -0.0228. The van der Waals surface area contributed by atoms with Gasteiger partial charge in [0.05, 0.1) is 5.71 Å². The van der Waals surface area contributed by atoms with Gasteiger partial charge in [-0.3, -0.25) is 20.0 Å². The number of nitrogens with zero attached hydrogens (tertiary/aromatic N) is 5. The minimum absolute atomic E-state index is 0.0220. The Morgan fingerprint density at radius 2 is 1.81 bits per heavy atom. The first kappa shape index (κ1) is 22.0. The molecule has 11 heteroatoms. The van der Waals surface area contributed by atoms with Gasteiger partial charge in [0.15, 0.2) is 6.29 Å². The van der Waals surface area contributed by atoms with E-state index in [1.165, 1.54) is 9.80 Å². The van der Waals surface area contributed by atoms with Crippen molar-refractivity contribution >= 4 is 29.3 Å². The fourth-order valence-corrected chi connectivity index (χ4v) is 4.45. The normalized spacial score (nSPS) is 26.3. The summed E-state index contributed by atoms with van der Waals surface area (Å²) in [5.41, 5.74) is 1.67. The van der Waals surface area contributed by atoms with Crippen molar-refractivity contribution in [1.29, 1.82) is 0 Å². The number of hydrogen-bond donors (Lipinski definition) is 3. The predicted molar refractivity (Wildman–Crippen MR) is 114 cm³/mol. The summed E-state index contributed by atoms with van der Waals surface area (Å²) in [7, 11) is 1.67. The maximum atomic E-state index is 13.3. The van der Waals surface area contributed by atoms with Gasteiger partial charge < -0.3 is 15.1 Å². The zero-order valence-corrected chi connectivity index (χ0v) is 18.1. The molecule has 3 N–H and O–H groups in total. The van der Waals surface area contributed by atoms with Crippen molar-refractivity contribution in [3.63, 3.8) is 0 Å². The molecule has 3 aliphatic rings. The highest BCUT2D eigenvalue weighted by Gasteiger charge is 2.56. The second kappa shape index (κ2) is 9.09. The highest BCUT2D eigenvalue weighted by molar-refractivity contribution is 6.30. The molecule has 2 saturated heterocycles. The molecular formula is C20H27ClN6O4. The number of amides is 3. The van der Waals surface area contributed by atoms with Gasteiger partial charge in [-0.25, -0.2) is 9.69 Å². The van der Waals surface area contributed by atoms with Crippen molar-refractivity contribution in [3.05, 3.63) is 34.9 Å². The van der Waals surface area contributed by atoms with Crippen LogP contribution in [0.3, 0.4) is 0 Å². The predicted octanol–water partition coefficient (Wildman–Crippen LogP) is -0.0980. The molecule has 4 rings (SSSR count). The fourth-order valence-electron chi connectivity index (χ4n) is 4.32. The van der Waals surface area contributed by atoms with Gasteiger partial charge >= 0.3 is 6.03 Å². The molecular weight excluding hydrogens is 424 g/mol. The van der Waals surface area contributed by atoms with Crippen molar-refractivity contribution in [2.24, 2.45) is 5.10 Å². The Morgan fingerprint density at radius 3 is 2.48 bits per heavy atom. The van der Waals surface area contributed by atoms with E-state index < -0.39 is 12.2 Å². The van der Waals surface area contributed by atoms with Gasteiger partial charge in [-0.15, -0.1) is 0 Å². The molecule has 3 aliphatic heterocycles. The number of hydrogen-bond acceptors (Lipinski definition) is 8. The minimum atomic E-state index is -0.583. The van der Waals surface area contributed by atoms with E-state index in [4.69, 9.17) is 21.8 Å². The van der Waals surface area contributed by atoms with Gasteiger partial charge in [0, 0.05) is 44.9 Å². The average Bonchev–Trinajstić information content (AvgIpc) is 3.16. The van der Waals surface area contributed by atoms with Crippen LogP contribution in [-0.2, 0) is 4.79 Å². The van der Waals surface area contributed by atoms with E-state index in [2.05, 4.69) is 5.32 Å². The smallest absolute Gasteiger partial charge is 0.327 e. The van der Waals surface area contributed by atoms with Crippen molar-refractivity contribution in [2.45, 2.75) is 31.3 Å². The molecule has 3 amide bonds. The fraction of sp³-hybridized carbons (Fsp3) is 0.550. The number of benzene rings is 1.